The van der Waals surface area contributed by atoms with E-state index >= 15 is 0 Å². The van der Waals surface area contributed by atoms with E-state index in [9.17, 15) is 14.7 Å². The average Bonchev–Trinajstić information content (AvgIpc) is 3.14. The van der Waals surface area contributed by atoms with Crippen LogP contribution in [0.2, 0.25) is 0 Å². The molecule has 2 aromatic heterocycles. The van der Waals surface area contributed by atoms with Crippen molar-refractivity contribution in [3.8, 4) is 17.1 Å². The van der Waals surface area contributed by atoms with Gasteiger partial charge in [0.2, 0.25) is 0 Å². The van der Waals surface area contributed by atoms with Crippen LogP contribution in [0.4, 0.5) is 4.79 Å². The van der Waals surface area contributed by atoms with Crippen molar-refractivity contribution in [1.82, 2.24) is 25.3 Å². The number of carbonyl (C=O) groups is 2. The topological polar surface area (TPSA) is 128 Å². The van der Waals surface area contributed by atoms with Crippen LogP contribution in [0, 0.1) is 12.8 Å². The Balaban J connectivity index is 1.67. The Morgan fingerprint density at radius 2 is 2.16 bits per heavy atom. The van der Waals surface area contributed by atoms with E-state index < -0.39 is 12.1 Å². The Morgan fingerprint density at radius 3 is 2.88 bits per heavy atom. The first-order chi connectivity index (χ1) is 15.4. The second-order valence-electron chi connectivity index (χ2n) is 7.76. The van der Waals surface area contributed by atoms with Crippen LogP contribution in [0.1, 0.15) is 43.5 Å². The van der Waals surface area contributed by atoms with Gasteiger partial charge in [-0.15, -0.1) is 5.10 Å². The summed E-state index contributed by atoms with van der Waals surface area (Å²) in [6.07, 6.45) is 3.06. The molecule has 0 aromatic carbocycles. The number of amides is 1. The van der Waals surface area contributed by atoms with Crippen molar-refractivity contribution in [2.45, 2.75) is 51.7 Å². The van der Waals surface area contributed by atoms with E-state index in [1.165, 1.54) is 0 Å². The summed E-state index contributed by atoms with van der Waals surface area (Å²) < 4.78 is 13.7. The first-order valence-corrected chi connectivity index (χ1v) is 12.1. The zero-order valence-corrected chi connectivity index (χ0v) is 20.4. The highest BCUT2D eigenvalue weighted by Crippen LogP contribution is 2.30. The van der Waals surface area contributed by atoms with Gasteiger partial charge < -0.3 is 19.9 Å². The van der Waals surface area contributed by atoms with E-state index in [4.69, 9.17) is 9.47 Å². The molecule has 0 radical (unpaired) electrons. The molecule has 3 rings (SSSR count). The number of nitrogens with zero attached hydrogens (tertiary/aromatic N) is 4. The molecule has 1 fully saturated rings. The highest BCUT2D eigenvalue weighted by atomic mass is 127. The van der Waals surface area contributed by atoms with Gasteiger partial charge in [0.25, 0.3) is 0 Å². The first kappa shape index (κ1) is 24.2. The van der Waals surface area contributed by atoms with Gasteiger partial charge in [-0.2, -0.15) is 0 Å². The molecule has 32 heavy (non-hydrogen) atoms. The maximum Gasteiger partial charge on any atom is 0.407 e. The summed E-state index contributed by atoms with van der Waals surface area (Å²) in [6, 6.07) is 3.62. The molecule has 2 heterocycles. The van der Waals surface area contributed by atoms with Gasteiger partial charge in [0, 0.05) is 11.5 Å². The molecule has 0 unspecified atom stereocenters. The molecule has 2 N–H and O–H groups in total. The molecule has 11 heteroatoms. The van der Waals surface area contributed by atoms with Crippen LogP contribution in [-0.4, -0.2) is 54.3 Å². The van der Waals surface area contributed by atoms with Gasteiger partial charge in [0.05, 0.1) is 42.3 Å². The lowest BCUT2D eigenvalue weighted by atomic mass is 9.87. The van der Waals surface area contributed by atoms with Gasteiger partial charge in [-0.05, 0) is 51.2 Å². The lowest BCUT2D eigenvalue weighted by molar-refractivity contribution is -0.143. The number of rotatable bonds is 9. The van der Waals surface area contributed by atoms with E-state index in [0.717, 1.165) is 23.7 Å². The van der Waals surface area contributed by atoms with Gasteiger partial charge in [0.1, 0.15) is 11.4 Å². The summed E-state index contributed by atoms with van der Waals surface area (Å²) >= 11 is 2.23. The van der Waals surface area contributed by atoms with Crippen LogP contribution in [0.5, 0.6) is 5.75 Å². The summed E-state index contributed by atoms with van der Waals surface area (Å²) in [4.78, 5) is 27.8. The number of alkyl halides is 1. The zero-order chi connectivity index (χ0) is 23.1. The number of aliphatic carboxylic acids is 1. The number of halogens is 1. The maximum atomic E-state index is 11.9. The Hall–Kier alpha value is -2.44. The fourth-order valence-corrected chi connectivity index (χ4v) is 3.97. The molecule has 1 aliphatic rings. The van der Waals surface area contributed by atoms with Gasteiger partial charge in [-0.25, -0.2) is 14.5 Å². The Bertz CT molecular complexity index is 951. The predicted molar refractivity (Wildman–Crippen MR) is 125 cm³/mol. The molecule has 0 bridgehead atoms. The van der Waals surface area contributed by atoms with E-state index in [0.29, 0.717) is 48.0 Å². The van der Waals surface area contributed by atoms with E-state index in [2.05, 4.69) is 43.2 Å². The van der Waals surface area contributed by atoms with Gasteiger partial charge in [0.15, 0.2) is 0 Å². The molecule has 1 aliphatic carbocycles. The molecular weight excluding hydrogens is 529 g/mol. The number of pyridine rings is 1. The van der Waals surface area contributed by atoms with E-state index in [1.807, 2.05) is 13.0 Å². The quantitative estimate of drug-likeness (QED) is 0.273. The summed E-state index contributed by atoms with van der Waals surface area (Å²) in [5.41, 5.74) is 2.57. The first-order valence-electron chi connectivity index (χ1n) is 10.6. The summed E-state index contributed by atoms with van der Waals surface area (Å²) in [5, 5.41) is 20.3. The third kappa shape index (κ3) is 6.30. The normalized spacial score (nSPS) is 18.2. The number of aromatic nitrogens is 4. The molecule has 2 aromatic rings. The zero-order valence-electron chi connectivity index (χ0n) is 18.2. The summed E-state index contributed by atoms with van der Waals surface area (Å²) in [6.45, 7) is 2.43. The number of ether oxygens (including phenoxy) is 2. The molecule has 10 nitrogen and oxygen atoms in total. The minimum absolute atomic E-state index is 0.134. The number of nitrogens with one attached hydrogen (secondary N) is 1. The largest absolute Gasteiger partial charge is 0.489 e. The van der Waals surface area contributed by atoms with Crippen LogP contribution >= 0.6 is 22.6 Å². The van der Waals surface area contributed by atoms with E-state index in [-0.39, 0.29) is 18.6 Å². The standard InChI is InChI=1S/C21H28IN5O5/c1-13-18(32-15-6-3-5-14(11-15)20(28)29)8-7-16(24-13)19-17(27(2)26-25-19)12-23-21(30)31-10-4-9-22/h7-8,14-15H,3-6,9-12H2,1-2H3,(H,23,30)(H,28,29)/t14-,15-/m0/s1. The van der Waals surface area contributed by atoms with Crippen LogP contribution in [0.15, 0.2) is 12.1 Å². The van der Waals surface area contributed by atoms with Gasteiger partial charge in [-0.1, -0.05) is 27.8 Å². The van der Waals surface area contributed by atoms with E-state index in [1.54, 1.807) is 17.8 Å². The number of carbonyl (C=O) groups excluding carboxylic acids is 1. The fraction of sp³-hybridized carbons (Fsp3) is 0.571. The highest BCUT2D eigenvalue weighted by molar-refractivity contribution is 14.1. The molecule has 0 spiro atoms. The van der Waals surface area contributed by atoms with Crippen LogP contribution in [-0.2, 0) is 23.1 Å². The number of aryl methyl sites for hydroxylation is 2. The third-order valence-electron chi connectivity index (χ3n) is 5.40. The average molecular weight is 557 g/mol. The minimum Gasteiger partial charge on any atom is -0.489 e. The van der Waals surface area contributed by atoms with Crippen molar-refractivity contribution in [2.75, 3.05) is 11.0 Å². The van der Waals surface area contributed by atoms with Crippen molar-refractivity contribution in [3.63, 3.8) is 0 Å². The number of carboxylic acids is 1. The molecule has 0 aliphatic heterocycles. The molecule has 174 valence electrons. The number of carboxylic acid groups (broad SMARTS) is 1. The molecule has 1 amide bonds. The lowest BCUT2D eigenvalue weighted by Crippen LogP contribution is -2.29. The molecular formula is C21H28IN5O5. The molecule has 0 saturated heterocycles. The Kier molecular flexibility index (Phi) is 8.65. The second-order valence-corrected chi connectivity index (χ2v) is 8.84. The molecule has 2 atom stereocenters. The van der Waals surface area contributed by atoms with Crippen molar-refractivity contribution in [1.29, 1.82) is 0 Å². The smallest absolute Gasteiger partial charge is 0.407 e. The third-order valence-corrected chi connectivity index (χ3v) is 6.17. The van der Waals surface area contributed by atoms with Crippen molar-refractivity contribution in [3.05, 3.63) is 23.5 Å². The Labute approximate surface area is 200 Å². The monoisotopic (exact) mass is 557 g/mol. The number of alkyl carbamates (subject to hydrolysis) is 1. The van der Waals surface area contributed by atoms with Crippen molar-refractivity contribution < 1.29 is 24.2 Å². The fourth-order valence-electron chi connectivity index (χ4n) is 3.66. The van der Waals surface area contributed by atoms with Crippen molar-refractivity contribution in [2.24, 2.45) is 13.0 Å². The molecule has 1 saturated carbocycles. The lowest BCUT2D eigenvalue weighted by Gasteiger charge is -2.27. The van der Waals surface area contributed by atoms with Crippen LogP contribution in [0.3, 0.4) is 0 Å². The Morgan fingerprint density at radius 1 is 1.34 bits per heavy atom. The number of hydrogen-bond acceptors (Lipinski definition) is 7. The SMILES string of the molecule is Cc1nc(-c2nnn(C)c2CNC(=O)OCCCI)ccc1O[C@H]1CCC[C@H](C(=O)O)C1. The summed E-state index contributed by atoms with van der Waals surface area (Å²) in [5.74, 6) is -0.488. The van der Waals surface area contributed by atoms with Gasteiger partial charge >= 0.3 is 12.1 Å². The second kappa shape index (κ2) is 11.4. The summed E-state index contributed by atoms with van der Waals surface area (Å²) in [7, 11) is 1.75. The predicted octanol–water partition coefficient (Wildman–Crippen LogP) is 3.26. The van der Waals surface area contributed by atoms with Crippen LogP contribution < -0.4 is 10.1 Å². The van der Waals surface area contributed by atoms with Gasteiger partial charge in [-0.3, -0.25) is 4.79 Å². The van der Waals surface area contributed by atoms with Crippen LogP contribution in [0.25, 0.3) is 11.4 Å². The minimum atomic E-state index is -0.763. The highest BCUT2D eigenvalue weighted by Gasteiger charge is 2.28. The number of hydrogen-bond donors (Lipinski definition) is 2. The van der Waals surface area contributed by atoms with Crippen molar-refractivity contribution >= 4 is 34.7 Å². The maximum absolute atomic E-state index is 11.9.